The summed E-state index contributed by atoms with van der Waals surface area (Å²) in [5.41, 5.74) is 0.298. The van der Waals surface area contributed by atoms with Crippen LogP contribution in [-0.2, 0) is 6.54 Å². The molecule has 0 radical (unpaired) electrons. The topological polar surface area (TPSA) is 84.7 Å². The summed E-state index contributed by atoms with van der Waals surface area (Å²) in [6.45, 7) is 2.52. The Hall–Kier alpha value is -2.44. The number of amides is 1. The monoisotopic (exact) mass is 260 g/mol. The fraction of sp³-hybridized carbons (Fsp3) is 0.333. The van der Waals surface area contributed by atoms with Crippen LogP contribution in [0.25, 0.3) is 0 Å². The van der Waals surface area contributed by atoms with Gasteiger partial charge in [-0.15, -0.1) is 10.2 Å². The van der Waals surface area contributed by atoms with Crippen LogP contribution in [0.1, 0.15) is 17.4 Å². The molecule has 0 fully saturated rings. The van der Waals surface area contributed by atoms with Crippen LogP contribution in [0.4, 0.5) is 5.82 Å². The molecule has 2 N–H and O–H groups in total. The van der Waals surface area contributed by atoms with Crippen LogP contribution >= 0.6 is 0 Å². The van der Waals surface area contributed by atoms with Crippen molar-refractivity contribution >= 4 is 11.7 Å². The van der Waals surface area contributed by atoms with Gasteiger partial charge in [-0.25, -0.2) is 0 Å². The number of carbonyl (C=O) groups is 1. The van der Waals surface area contributed by atoms with E-state index in [0.717, 1.165) is 0 Å². The third kappa shape index (κ3) is 3.51. The molecule has 7 heteroatoms. The molecule has 2 aromatic heterocycles. The van der Waals surface area contributed by atoms with E-state index in [1.165, 1.54) is 0 Å². The quantitative estimate of drug-likeness (QED) is 0.819. The van der Waals surface area contributed by atoms with Crippen molar-refractivity contribution in [2.75, 3.05) is 12.4 Å². The maximum absolute atomic E-state index is 11.9. The van der Waals surface area contributed by atoms with Crippen molar-refractivity contribution < 1.29 is 4.79 Å². The summed E-state index contributed by atoms with van der Waals surface area (Å²) < 4.78 is 1.76. The van der Waals surface area contributed by atoms with Gasteiger partial charge in [0.2, 0.25) is 0 Å². The number of hydrogen-bond donors (Lipinski definition) is 2. The van der Waals surface area contributed by atoms with Gasteiger partial charge in [-0.1, -0.05) is 0 Å². The lowest BCUT2D eigenvalue weighted by molar-refractivity contribution is 0.0930. The number of hydrogen-bond acceptors (Lipinski definition) is 5. The van der Waals surface area contributed by atoms with E-state index in [1.807, 2.05) is 19.2 Å². The summed E-state index contributed by atoms with van der Waals surface area (Å²) in [6, 6.07) is 5.14. The van der Waals surface area contributed by atoms with Gasteiger partial charge in [-0.05, 0) is 25.1 Å². The molecule has 1 atom stereocenters. The maximum Gasteiger partial charge on any atom is 0.272 e. The summed E-state index contributed by atoms with van der Waals surface area (Å²) in [4.78, 5) is 11.9. The molecule has 100 valence electrons. The molecule has 2 aromatic rings. The Balaban J connectivity index is 1.92. The SMILES string of the molecule is CNc1ccc(C(=O)NC(C)Cn2cccn2)nn1. The highest BCUT2D eigenvalue weighted by Gasteiger charge is 2.12. The zero-order valence-electron chi connectivity index (χ0n) is 10.9. The number of rotatable bonds is 5. The molecule has 19 heavy (non-hydrogen) atoms. The molecule has 0 bridgehead atoms. The van der Waals surface area contributed by atoms with Gasteiger partial charge >= 0.3 is 0 Å². The number of carbonyl (C=O) groups excluding carboxylic acids is 1. The largest absolute Gasteiger partial charge is 0.372 e. The summed E-state index contributed by atoms with van der Waals surface area (Å²) in [6.07, 6.45) is 3.56. The summed E-state index contributed by atoms with van der Waals surface area (Å²) in [5, 5.41) is 17.5. The highest BCUT2D eigenvalue weighted by atomic mass is 16.2. The lowest BCUT2D eigenvalue weighted by Gasteiger charge is -2.13. The first-order chi connectivity index (χ1) is 9.19. The number of aromatic nitrogens is 4. The van der Waals surface area contributed by atoms with E-state index >= 15 is 0 Å². The second-order valence-corrected chi connectivity index (χ2v) is 4.16. The van der Waals surface area contributed by atoms with E-state index in [0.29, 0.717) is 18.1 Å². The van der Waals surface area contributed by atoms with Gasteiger partial charge in [0.1, 0.15) is 5.82 Å². The van der Waals surface area contributed by atoms with Crippen LogP contribution < -0.4 is 10.6 Å². The summed E-state index contributed by atoms with van der Waals surface area (Å²) in [5.74, 6) is 0.385. The second kappa shape index (κ2) is 5.94. The van der Waals surface area contributed by atoms with Crippen LogP contribution in [-0.4, -0.2) is 39.0 Å². The van der Waals surface area contributed by atoms with Crippen LogP contribution in [0.3, 0.4) is 0 Å². The molecule has 0 spiro atoms. The van der Waals surface area contributed by atoms with Gasteiger partial charge in [0, 0.05) is 25.5 Å². The molecule has 0 aliphatic carbocycles. The van der Waals surface area contributed by atoms with Crippen molar-refractivity contribution in [3.05, 3.63) is 36.3 Å². The highest BCUT2D eigenvalue weighted by molar-refractivity contribution is 5.92. The highest BCUT2D eigenvalue weighted by Crippen LogP contribution is 2.01. The van der Waals surface area contributed by atoms with Crippen molar-refractivity contribution in [2.24, 2.45) is 0 Å². The van der Waals surface area contributed by atoms with E-state index in [1.54, 1.807) is 30.1 Å². The van der Waals surface area contributed by atoms with Gasteiger partial charge in [0.25, 0.3) is 5.91 Å². The smallest absolute Gasteiger partial charge is 0.272 e. The Morgan fingerprint density at radius 3 is 2.84 bits per heavy atom. The van der Waals surface area contributed by atoms with Gasteiger partial charge in [-0.3, -0.25) is 9.48 Å². The maximum atomic E-state index is 11.9. The third-order valence-electron chi connectivity index (χ3n) is 2.55. The van der Waals surface area contributed by atoms with E-state index in [-0.39, 0.29) is 11.9 Å². The zero-order valence-corrected chi connectivity index (χ0v) is 10.9. The normalized spacial score (nSPS) is 11.9. The van der Waals surface area contributed by atoms with Crippen molar-refractivity contribution in [1.29, 1.82) is 0 Å². The summed E-state index contributed by atoms with van der Waals surface area (Å²) in [7, 11) is 1.75. The lowest BCUT2D eigenvalue weighted by Crippen LogP contribution is -2.36. The van der Waals surface area contributed by atoms with Gasteiger partial charge < -0.3 is 10.6 Å². The Kier molecular flexibility index (Phi) is 4.07. The van der Waals surface area contributed by atoms with Crippen LogP contribution in [0.2, 0.25) is 0 Å². The van der Waals surface area contributed by atoms with E-state index in [2.05, 4.69) is 25.9 Å². The molecule has 0 aliphatic heterocycles. The minimum absolute atomic E-state index is 0.0434. The Morgan fingerprint density at radius 2 is 2.26 bits per heavy atom. The van der Waals surface area contributed by atoms with Crippen molar-refractivity contribution in [3.63, 3.8) is 0 Å². The predicted octanol–water partition coefficient (Wildman–Crippen LogP) is 0.533. The Morgan fingerprint density at radius 1 is 1.42 bits per heavy atom. The molecule has 1 unspecified atom stereocenters. The number of anilines is 1. The van der Waals surface area contributed by atoms with Crippen LogP contribution in [0.5, 0.6) is 0 Å². The molecular formula is C12H16N6O. The standard InChI is InChI=1S/C12H16N6O/c1-9(8-18-7-3-6-14-18)15-12(19)10-4-5-11(13-2)17-16-10/h3-7,9H,8H2,1-2H3,(H,13,17)(H,15,19). The zero-order chi connectivity index (χ0) is 13.7. The van der Waals surface area contributed by atoms with Crippen molar-refractivity contribution in [1.82, 2.24) is 25.3 Å². The van der Waals surface area contributed by atoms with Gasteiger partial charge in [0.15, 0.2) is 5.69 Å². The molecule has 7 nitrogen and oxygen atoms in total. The minimum atomic E-state index is -0.241. The first-order valence-corrected chi connectivity index (χ1v) is 5.99. The van der Waals surface area contributed by atoms with E-state index in [4.69, 9.17) is 0 Å². The molecule has 0 saturated carbocycles. The first kappa shape index (κ1) is 13.0. The average Bonchev–Trinajstić information content (AvgIpc) is 2.91. The number of nitrogens with zero attached hydrogens (tertiary/aromatic N) is 4. The Bertz CT molecular complexity index is 522. The molecule has 0 aromatic carbocycles. The first-order valence-electron chi connectivity index (χ1n) is 5.99. The minimum Gasteiger partial charge on any atom is -0.372 e. The molecule has 0 saturated heterocycles. The average molecular weight is 260 g/mol. The van der Waals surface area contributed by atoms with E-state index in [9.17, 15) is 4.79 Å². The molecule has 2 rings (SSSR count). The Labute approximate surface area is 111 Å². The molecule has 2 heterocycles. The third-order valence-corrected chi connectivity index (χ3v) is 2.55. The fourth-order valence-corrected chi connectivity index (χ4v) is 1.62. The fourth-order valence-electron chi connectivity index (χ4n) is 1.62. The predicted molar refractivity (Wildman–Crippen MR) is 70.7 cm³/mol. The molecular weight excluding hydrogens is 244 g/mol. The van der Waals surface area contributed by atoms with Crippen LogP contribution in [0, 0.1) is 0 Å². The van der Waals surface area contributed by atoms with Gasteiger partial charge in [0.05, 0.1) is 6.54 Å². The number of nitrogens with one attached hydrogen (secondary N) is 2. The van der Waals surface area contributed by atoms with Crippen LogP contribution in [0.15, 0.2) is 30.6 Å². The second-order valence-electron chi connectivity index (χ2n) is 4.16. The van der Waals surface area contributed by atoms with Crippen molar-refractivity contribution in [2.45, 2.75) is 19.5 Å². The molecule has 1 amide bonds. The van der Waals surface area contributed by atoms with E-state index < -0.39 is 0 Å². The molecule has 0 aliphatic rings. The lowest BCUT2D eigenvalue weighted by atomic mass is 10.3. The van der Waals surface area contributed by atoms with Gasteiger partial charge in [-0.2, -0.15) is 5.10 Å². The van der Waals surface area contributed by atoms with Crippen molar-refractivity contribution in [3.8, 4) is 0 Å². The summed E-state index contributed by atoms with van der Waals surface area (Å²) >= 11 is 0.